The van der Waals surface area contributed by atoms with E-state index >= 15 is 0 Å². The van der Waals surface area contributed by atoms with Crippen LogP contribution >= 0.6 is 0 Å². The number of halogens is 3. The molecule has 30 heavy (non-hydrogen) atoms. The molecule has 0 spiro atoms. The molecule has 3 N–H and O–H groups in total. The summed E-state index contributed by atoms with van der Waals surface area (Å²) in [7, 11) is 3.88. The maximum Gasteiger partial charge on any atom is 0.490 e. The van der Waals surface area contributed by atoms with Gasteiger partial charge < -0.3 is 15.3 Å². The van der Waals surface area contributed by atoms with Crippen LogP contribution in [-0.2, 0) is 11.3 Å². The lowest BCUT2D eigenvalue weighted by Crippen LogP contribution is -2.24. The Balaban J connectivity index is 0.000000396. The van der Waals surface area contributed by atoms with Crippen molar-refractivity contribution < 1.29 is 27.9 Å². The van der Waals surface area contributed by atoms with Gasteiger partial charge in [0, 0.05) is 44.4 Å². The molecule has 10 nitrogen and oxygen atoms in total. The lowest BCUT2D eigenvalue weighted by atomic mass is 10.2. The number of hydrogen-bond acceptors (Lipinski definition) is 6. The lowest BCUT2D eigenvalue weighted by molar-refractivity contribution is -0.192. The topological polar surface area (TPSA) is 133 Å². The van der Waals surface area contributed by atoms with Gasteiger partial charge in [0.2, 0.25) is 0 Å². The van der Waals surface area contributed by atoms with Crippen molar-refractivity contribution in [2.45, 2.75) is 12.7 Å². The van der Waals surface area contributed by atoms with E-state index in [0.717, 1.165) is 11.4 Å². The molecule has 3 rings (SSSR count). The quantitative estimate of drug-likeness (QED) is 0.568. The summed E-state index contributed by atoms with van der Waals surface area (Å²) in [5.41, 5.74) is 2.09. The molecule has 1 amide bonds. The van der Waals surface area contributed by atoms with E-state index in [4.69, 9.17) is 9.90 Å². The summed E-state index contributed by atoms with van der Waals surface area (Å²) in [6.07, 6.45) is -0.545. The molecule has 0 aliphatic heterocycles. The van der Waals surface area contributed by atoms with Crippen LogP contribution < -0.4 is 15.8 Å². The van der Waals surface area contributed by atoms with Gasteiger partial charge in [0.15, 0.2) is 5.65 Å². The second-order valence-electron chi connectivity index (χ2n) is 6.01. The van der Waals surface area contributed by atoms with Crippen molar-refractivity contribution in [2.75, 3.05) is 19.0 Å². The van der Waals surface area contributed by atoms with Gasteiger partial charge in [0.1, 0.15) is 5.56 Å². The molecule has 0 bridgehead atoms. The highest BCUT2D eigenvalue weighted by molar-refractivity contribution is 5.99. The predicted molar refractivity (Wildman–Crippen MR) is 99.2 cm³/mol. The molecule has 0 aromatic carbocycles. The molecule has 3 heterocycles. The third-order valence-electron chi connectivity index (χ3n) is 3.66. The zero-order chi connectivity index (χ0) is 22.5. The fraction of sp³-hybridized carbons (Fsp3) is 0.235. The number of H-pyrrole nitrogens is 1. The Labute approximate surface area is 167 Å². The highest BCUT2D eigenvalue weighted by Crippen LogP contribution is 2.13. The average molecular weight is 426 g/mol. The number of carboxylic acids is 1. The molecule has 3 aromatic heterocycles. The molecule has 0 saturated heterocycles. The van der Waals surface area contributed by atoms with E-state index in [2.05, 4.69) is 20.4 Å². The smallest absolute Gasteiger partial charge is 0.475 e. The van der Waals surface area contributed by atoms with E-state index in [9.17, 15) is 22.8 Å². The fourth-order valence-electron chi connectivity index (χ4n) is 2.19. The molecule has 160 valence electrons. The molecule has 3 aromatic rings. The van der Waals surface area contributed by atoms with Crippen LogP contribution in [0.25, 0.3) is 5.65 Å². The van der Waals surface area contributed by atoms with Crippen molar-refractivity contribution >= 4 is 23.2 Å². The highest BCUT2D eigenvalue weighted by atomic mass is 19.4. The molecule has 0 saturated carbocycles. The number of nitrogens with one attached hydrogen (secondary N) is 2. The Morgan fingerprint density at radius 2 is 1.87 bits per heavy atom. The van der Waals surface area contributed by atoms with Crippen molar-refractivity contribution in [2.24, 2.45) is 0 Å². The van der Waals surface area contributed by atoms with Gasteiger partial charge in [-0.1, -0.05) is 0 Å². The van der Waals surface area contributed by atoms with Crippen molar-refractivity contribution in [3.05, 3.63) is 58.4 Å². The number of fused-ring (bicyclic) bond motifs is 1. The minimum absolute atomic E-state index is 0.269. The van der Waals surface area contributed by atoms with E-state index in [1.165, 1.54) is 23.0 Å². The van der Waals surface area contributed by atoms with Gasteiger partial charge in [0.25, 0.3) is 11.5 Å². The van der Waals surface area contributed by atoms with E-state index < -0.39 is 12.1 Å². The molecule has 0 unspecified atom stereocenters. The Morgan fingerprint density at radius 1 is 1.23 bits per heavy atom. The van der Waals surface area contributed by atoms with E-state index in [1.807, 2.05) is 31.1 Å². The Kier molecular flexibility index (Phi) is 6.77. The number of aromatic amines is 1. The zero-order valence-electron chi connectivity index (χ0n) is 15.8. The van der Waals surface area contributed by atoms with Crippen molar-refractivity contribution in [3.63, 3.8) is 0 Å². The first-order chi connectivity index (χ1) is 14.0. The van der Waals surface area contributed by atoms with Crippen LogP contribution in [0.1, 0.15) is 16.1 Å². The molecular formula is C17H17F3N6O4. The zero-order valence-corrected chi connectivity index (χ0v) is 15.8. The molecule has 0 aliphatic rings. The first kappa shape index (κ1) is 22.4. The van der Waals surface area contributed by atoms with Gasteiger partial charge in [-0.3, -0.25) is 19.7 Å². The van der Waals surface area contributed by atoms with E-state index in [-0.39, 0.29) is 18.0 Å². The summed E-state index contributed by atoms with van der Waals surface area (Å²) in [5, 5.41) is 12.6. The number of carbonyl (C=O) groups is 2. The number of pyridine rings is 1. The van der Waals surface area contributed by atoms with Gasteiger partial charge >= 0.3 is 12.1 Å². The Hall–Kier alpha value is -3.90. The monoisotopic (exact) mass is 426 g/mol. The molecular weight excluding hydrogens is 409 g/mol. The van der Waals surface area contributed by atoms with Crippen LogP contribution in [0, 0.1) is 0 Å². The van der Waals surface area contributed by atoms with Gasteiger partial charge in [-0.15, -0.1) is 0 Å². The maximum absolute atomic E-state index is 12.3. The van der Waals surface area contributed by atoms with Gasteiger partial charge in [-0.25, -0.2) is 14.3 Å². The summed E-state index contributed by atoms with van der Waals surface area (Å²) in [6, 6.07) is 5.11. The third-order valence-corrected chi connectivity index (χ3v) is 3.66. The average Bonchev–Trinajstić information content (AvgIpc) is 3.11. The SMILES string of the molecule is CN(C)c1ccnc(CNC(=O)c2c[nH]n3c(=O)ccnc23)c1.O=C(O)C(F)(F)F. The number of aliphatic carboxylic acids is 1. The normalized spacial score (nSPS) is 10.8. The van der Waals surface area contributed by atoms with Gasteiger partial charge in [0.05, 0.1) is 12.2 Å². The van der Waals surface area contributed by atoms with E-state index in [1.54, 1.807) is 6.20 Å². The van der Waals surface area contributed by atoms with Crippen molar-refractivity contribution in [1.29, 1.82) is 0 Å². The first-order valence-electron chi connectivity index (χ1n) is 8.26. The number of carbonyl (C=O) groups excluding carboxylic acids is 1. The predicted octanol–water partition coefficient (Wildman–Crippen LogP) is 1.05. The molecule has 0 aliphatic carbocycles. The number of amides is 1. The standard InChI is InChI=1S/C15H16N6O2.C2HF3O2/c1-20(2)11-3-5-16-10(7-11)8-18-15(23)12-9-19-21-13(22)4-6-17-14(12)21;3-2(4,5)1(6)7/h3-7,9,19H,8H2,1-2H3,(H,18,23);(H,6,7). The molecule has 0 atom stereocenters. The van der Waals surface area contributed by atoms with Crippen LogP contribution in [0.4, 0.5) is 18.9 Å². The Bertz CT molecular complexity index is 1110. The van der Waals surface area contributed by atoms with Gasteiger partial charge in [-0.2, -0.15) is 13.2 Å². The minimum atomic E-state index is -5.08. The van der Waals surface area contributed by atoms with Crippen LogP contribution in [0.3, 0.4) is 0 Å². The molecule has 0 radical (unpaired) electrons. The summed E-state index contributed by atoms with van der Waals surface area (Å²) in [5.74, 6) is -3.08. The highest BCUT2D eigenvalue weighted by Gasteiger charge is 2.38. The second kappa shape index (κ2) is 9.07. The van der Waals surface area contributed by atoms with Crippen LogP contribution in [0.15, 0.2) is 41.6 Å². The first-order valence-corrected chi connectivity index (χ1v) is 8.26. The van der Waals surface area contributed by atoms with Crippen molar-refractivity contribution in [3.8, 4) is 0 Å². The largest absolute Gasteiger partial charge is 0.490 e. The fourth-order valence-corrected chi connectivity index (χ4v) is 2.19. The van der Waals surface area contributed by atoms with Gasteiger partial charge in [-0.05, 0) is 12.1 Å². The molecule has 13 heteroatoms. The van der Waals surface area contributed by atoms with Crippen molar-refractivity contribution in [1.82, 2.24) is 24.9 Å². The second-order valence-corrected chi connectivity index (χ2v) is 6.01. The minimum Gasteiger partial charge on any atom is -0.475 e. The number of anilines is 1. The van der Waals surface area contributed by atoms with Crippen LogP contribution in [-0.4, -0.2) is 56.8 Å². The number of carboxylic acid groups (broad SMARTS) is 1. The number of nitrogens with zero attached hydrogens (tertiary/aromatic N) is 4. The number of aromatic nitrogens is 4. The number of hydrogen-bond donors (Lipinski definition) is 3. The number of alkyl halides is 3. The lowest BCUT2D eigenvalue weighted by Gasteiger charge is -2.13. The maximum atomic E-state index is 12.3. The number of rotatable bonds is 4. The van der Waals surface area contributed by atoms with Crippen LogP contribution in [0.5, 0.6) is 0 Å². The summed E-state index contributed by atoms with van der Waals surface area (Å²) in [4.78, 5) is 43.1. The molecule has 0 fully saturated rings. The summed E-state index contributed by atoms with van der Waals surface area (Å²) in [6.45, 7) is 0.287. The summed E-state index contributed by atoms with van der Waals surface area (Å²) >= 11 is 0. The summed E-state index contributed by atoms with van der Waals surface area (Å²) < 4.78 is 33.0. The van der Waals surface area contributed by atoms with Crippen LogP contribution in [0.2, 0.25) is 0 Å². The Morgan fingerprint density at radius 3 is 2.47 bits per heavy atom. The van der Waals surface area contributed by atoms with E-state index in [0.29, 0.717) is 11.2 Å². The third kappa shape index (κ3) is 5.56.